The normalized spacial score (nSPS) is 31.6. The first-order valence-electron chi connectivity index (χ1n) is 4.21. The van der Waals surface area contributed by atoms with E-state index in [4.69, 9.17) is 0 Å². The summed E-state index contributed by atoms with van der Waals surface area (Å²) >= 11 is 0. The van der Waals surface area contributed by atoms with Gasteiger partial charge in [0.05, 0.1) is 0 Å². The summed E-state index contributed by atoms with van der Waals surface area (Å²) in [7, 11) is 0. The topological polar surface area (TPSA) is 0 Å². The maximum Gasteiger partial charge on any atom is -0.0183 e. The van der Waals surface area contributed by atoms with Gasteiger partial charge < -0.3 is 0 Å². The predicted molar refractivity (Wildman–Crippen MR) is 45.9 cm³/mol. The Hall–Kier alpha value is -0.260. The van der Waals surface area contributed by atoms with Gasteiger partial charge in [0.25, 0.3) is 0 Å². The van der Waals surface area contributed by atoms with Gasteiger partial charge in [-0.3, -0.25) is 0 Å². The highest BCUT2D eigenvalue weighted by Gasteiger charge is 2.28. The average Bonchev–Trinajstić information content (AvgIpc) is 1.83. The highest BCUT2D eigenvalue weighted by Crippen LogP contribution is 2.39. The number of hydrogen-bond acceptors (Lipinski definition) is 0. The van der Waals surface area contributed by atoms with Crippen molar-refractivity contribution in [1.29, 1.82) is 0 Å². The van der Waals surface area contributed by atoms with Crippen molar-refractivity contribution in [3.63, 3.8) is 0 Å². The van der Waals surface area contributed by atoms with Crippen LogP contribution in [0.15, 0.2) is 11.6 Å². The minimum absolute atomic E-state index is 0.541. The number of allylic oxidation sites excluding steroid dienone is 2. The molecule has 1 unspecified atom stereocenters. The molecule has 58 valence electrons. The van der Waals surface area contributed by atoms with E-state index >= 15 is 0 Å². The van der Waals surface area contributed by atoms with E-state index in [1.807, 2.05) is 0 Å². The van der Waals surface area contributed by atoms with Crippen LogP contribution < -0.4 is 0 Å². The summed E-state index contributed by atoms with van der Waals surface area (Å²) in [6.07, 6.45) is 5.02. The van der Waals surface area contributed by atoms with E-state index in [9.17, 15) is 0 Å². The molecule has 0 bridgehead atoms. The van der Waals surface area contributed by atoms with Crippen LogP contribution in [-0.4, -0.2) is 0 Å². The third-order valence-electron chi connectivity index (χ3n) is 3.11. The third kappa shape index (κ3) is 1.25. The standard InChI is InChI=1S/C10H18/c1-8-6-5-7-10(3,4)9(8)2/h6,9H,5,7H2,1-4H3. The smallest absolute Gasteiger partial charge is 0.0183 e. The molecular formula is C10H18. The molecular weight excluding hydrogens is 120 g/mol. The zero-order chi connectivity index (χ0) is 7.78. The molecule has 0 saturated carbocycles. The molecule has 0 aromatic rings. The Morgan fingerprint density at radius 2 is 2.10 bits per heavy atom. The van der Waals surface area contributed by atoms with Crippen LogP contribution >= 0.6 is 0 Å². The van der Waals surface area contributed by atoms with Crippen LogP contribution in [0, 0.1) is 11.3 Å². The lowest BCUT2D eigenvalue weighted by Gasteiger charge is -2.35. The Bertz CT molecular complexity index is 151. The van der Waals surface area contributed by atoms with E-state index in [0.29, 0.717) is 5.41 Å². The lowest BCUT2D eigenvalue weighted by Crippen LogP contribution is -2.25. The van der Waals surface area contributed by atoms with Crippen molar-refractivity contribution in [1.82, 2.24) is 0 Å². The van der Waals surface area contributed by atoms with Crippen molar-refractivity contribution in [2.24, 2.45) is 11.3 Å². The summed E-state index contributed by atoms with van der Waals surface area (Å²) in [6.45, 7) is 9.33. The van der Waals surface area contributed by atoms with Crippen molar-refractivity contribution >= 4 is 0 Å². The zero-order valence-corrected chi connectivity index (χ0v) is 7.57. The van der Waals surface area contributed by atoms with Crippen LogP contribution in [0.3, 0.4) is 0 Å². The zero-order valence-electron chi connectivity index (χ0n) is 7.57. The van der Waals surface area contributed by atoms with Crippen LogP contribution in [0.2, 0.25) is 0 Å². The average molecular weight is 138 g/mol. The molecule has 1 aliphatic rings. The summed E-state index contributed by atoms with van der Waals surface area (Å²) in [5.74, 6) is 0.779. The largest absolute Gasteiger partial charge is 0.0853 e. The predicted octanol–water partition coefficient (Wildman–Crippen LogP) is 3.39. The highest BCUT2D eigenvalue weighted by molar-refractivity contribution is 5.10. The molecule has 0 fully saturated rings. The monoisotopic (exact) mass is 138 g/mol. The van der Waals surface area contributed by atoms with Gasteiger partial charge in [0.15, 0.2) is 0 Å². The molecule has 0 spiro atoms. The van der Waals surface area contributed by atoms with Crippen molar-refractivity contribution < 1.29 is 0 Å². The maximum atomic E-state index is 2.38. The molecule has 0 nitrogen and oxygen atoms in total. The van der Waals surface area contributed by atoms with Crippen LogP contribution in [0.1, 0.15) is 40.5 Å². The van der Waals surface area contributed by atoms with E-state index < -0.39 is 0 Å². The minimum Gasteiger partial charge on any atom is -0.0853 e. The van der Waals surface area contributed by atoms with Gasteiger partial charge in [-0.2, -0.15) is 0 Å². The summed E-state index contributed by atoms with van der Waals surface area (Å²) in [6, 6.07) is 0. The SMILES string of the molecule is CC1=CCCC(C)(C)C1C. The van der Waals surface area contributed by atoms with Crippen LogP contribution in [0.25, 0.3) is 0 Å². The second kappa shape index (κ2) is 2.41. The number of hydrogen-bond donors (Lipinski definition) is 0. The van der Waals surface area contributed by atoms with Gasteiger partial charge in [-0.1, -0.05) is 32.4 Å². The quantitative estimate of drug-likeness (QED) is 0.450. The fourth-order valence-electron chi connectivity index (χ4n) is 1.68. The van der Waals surface area contributed by atoms with Crippen molar-refractivity contribution in [3.05, 3.63) is 11.6 Å². The van der Waals surface area contributed by atoms with E-state index in [1.165, 1.54) is 12.8 Å². The molecule has 0 N–H and O–H groups in total. The first kappa shape index (κ1) is 7.84. The summed E-state index contributed by atoms with van der Waals surface area (Å²) in [5, 5.41) is 0. The molecule has 1 aliphatic carbocycles. The molecule has 10 heavy (non-hydrogen) atoms. The summed E-state index contributed by atoms with van der Waals surface area (Å²) < 4.78 is 0. The molecule has 0 saturated heterocycles. The molecule has 0 aliphatic heterocycles. The van der Waals surface area contributed by atoms with Gasteiger partial charge >= 0.3 is 0 Å². The van der Waals surface area contributed by atoms with Crippen molar-refractivity contribution in [2.75, 3.05) is 0 Å². The molecule has 0 amide bonds. The van der Waals surface area contributed by atoms with Gasteiger partial charge in [-0.25, -0.2) is 0 Å². The van der Waals surface area contributed by atoms with Crippen molar-refractivity contribution in [2.45, 2.75) is 40.5 Å². The molecule has 1 atom stereocenters. The summed E-state index contributed by atoms with van der Waals surface area (Å²) in [4.78, 5) is 0. The number of rotatable bonds is 0. The lowest BCUT2D eigenvalue weighted by atomic mass is 9.70. The molecule has 0 heteroatoms. The maximum absolute atomic E-state index is 2.38. The van der Waals surface area contributed by atoms with Crippen LogP contribution in [-0.2, 0) is 0 Å². The fourth-order valence-corrected chi connectivity index (χ4v) is 1.68. The molecule has 0 aromatic carbocycles. The lowest BCUT2D eigenvalue weighted by molar-refractivity contribution is 0.231. The second-order valence-corrected chi connectivity index (χ2v) is 4.20. The van der Waals surface area contributed by atoms with Gasteiger partial charge in [0, 0.05) is 0 Å². The molecule has 0 heterocycles. The Morgan fingerprint density at radius 1 is 1.50 bits per heavy atom. The Morgan fingerprint density at radius 3 is 2.50 bits per heavy atom. The van der Waals surface area contributed by atoms with Crippen molar-refractivity contribution in [3.8, 4) is 0 Å². The van der Waals surface area contributed by atoms with Gasteiger partial charge in [0.2, 0.25) is 0 Å². The van der Waals surface area contributed by atoms with Gasteiger partial charge in [-0.05, 0) is 31.1 Å². The van der Waals surface area contributed by atoms with Gasteiger partial charge in [-0.15, -0.1) is 0 Å². The molecule has 0 aromatic heterocycles. The van der Waals surface area contributed by atoms with Gasteiger partial charge in [0.1, 0.15) is 0 Å². The van der Waals surface area contributed by atoms with E-state index in [0.717, 1.165) is 5.92 Å². The molecule has 1 rings (SSSR count). The first-order valence-corrected chi connectivity index (χ1v) is 4.21. The van der Waals surface area contributed by atoms with Crippen LogP contribution in [0.4, 0.5) is 0 Å². The Kier molecular flexibility index (Phi) is 1.89. The summed E-state index contributed by atoms with van der Waals surface area (Å²) in [5.41, 5.74) is 2.12. The Labute approximate surface area is 64.3 Å². The van der Waals surface area contributed by atoms with E-state index in [1.54, 1.807) is 5.57 Å². The fraction of sp³-hybridized carbons (Fsp3) is 0.800. The minimum atomic E-state index is 0.541. The second-order valence-electron chi connectivity index (χ2n) is 4.20. The third-order valence-corrected chi connectivity index (χ3v) is 3.11. The molecule has 0 radical (unpaired) electrons. The van der Waals surface area contributed by atoms with Crippen LogP contribution in [0.5, 0.6) is 0 Å². The first-order chi connectivity index (χ1) is 4.54. The van der Waals surface area contributed by atoms with E-state index in [-0.39, 0.29) is 0 Å². The Balaban J connectivity index is 2.78. The highest BCUT2D eigenvalue weighted by atomic mass is 14.3. The van der Waals surface area contributed by atoms with E-state index in [2.05, 4.69) is 33.8 Å².